The molecule has 19 heavy (non-hydrogen) atoms. The molecule has 0 fully saturated rings. The second kappa shape index (κ2) is 5.41. The molecule has 1 N–H and O–H groups in total. The second-order valence-electron chi connectivity index (χ2n) is 4.38. The number of nitrogens with one attached hydrogen (secondary N) is 1. The van der Waals surface area contributed by atoms with Gasteiger partial charge in [0.25, 0.3) is 5.91 Å². The van der Waals surface area contributed by atoms with Crippen LogP contribution in [0.1, 0.15) is 21.5 Å². The number of hydrogen-bond acceptors (Lipinski definition) is 1. The molecule has 2 aromatic rings. The maximum absolute atomic E-state index is 12.9. The largest absolute Gasteiger partial charge is 0.321 e. The fourth-order valence-corrected chi connectivity index (χ4v) is 1.88. The Bertz CT molecular complexity index is 640. The van der Waals surface area contributed by atoms with E-state index in [2.05, 4.69) is 5.32 Å². The van der Waals surface area contributed by atoms with E-state index in [9.17, 15) is 9.18 Å². The van der Waals surface area contributed by atoms with Crippen molar-refractivity contribution < 1.29 is 9.18 Å². The summed E-state index contributed by atoms with van der Waals surface area (Å²) < 4.78 is 12.9. The molecule has 0 atom stereocenters. The summed E-state index contributed by atoms with van der Waals surface area (Å²) in [6, 6.07) is 9.30. The molecule has 2 aromatic carbocycles. The summed E-state index contributed by atoms with van der Waals surface area (Å²) in [5, 5.41) is 2.84. The lowest BCUT2D eigenvalue weighted by Gasteiger charge is -2.08. The summed E-state index contributed by atoms with van der Waals surface area (Å²) in [6.45, 7) is 3.92. The maximum atomic E-state index is 12.9. The molecule has 0 radical (unpaired) electrons. The number of amides is 1. The molecule has 2 rings (SSSR count). The number of halogens is 2. The van der Waals surface area contributed by atoms with Gasteiger partial charge in [-0.05, 0) is 55.3 Å². The molecule has 2 nitrogen and oxygen atoms in total. The quantitative estimate of drug-likeness (QED) is 0.869. The summed E-state index contributed by atoms with van der Waals surface area (Å²) in [5.74, 6) is -0.703. The van der Waals surface area contributed by atoms with E-state index < -0.39 is 5.82 Å². The summed E-state index contributed by atoms with van der Waals surface area (Å²) in [5.41, 5.74) is 3.10. The van der Waals surface area contributed by atoms with Gasteiger partial charge in [0, 0.05) is 5.56 Å². The van der Waals surface area contributed by atoms with Crippen molar-refractivity contribution in [3.05, 3.63) is 63.9 Å². The van der Waals surface area contributed by atoms with Crippen molar-refractivity contribution in [3.63, 3.8) is 0 Å². The molecule has 98 valence electrons. The van der Waals surface area contributed by atoms with Crippen LogP contribution in [0.4, 0.5) is 10.1 Å². The van der Waals surface area contributed by atoms with Crippen LogP contribution in [0.2, 0.25) is 5.02 Å². The minimum Gasteiger partial charge on any atom is -0.321 e. The lowest BCUT2D eigenvalue weighted by molar-refractivity contribution is 0.102. The van der Waals surface area contributed by atoms with Crippen LogP contribution >= 0.6 is 11.6 Å². The molecule has 0 saturated carbocycles. The van der Waals surface area contributed by atoms with E-state index in [1.54, 1.807) is 6.07 Å². The van der Waals surface area contributed by atoms with Gasteiger partial charge >= 0.3 is 0 Å². The zero-order valence-electron chi connectivity index (χ0n) is 10.6. The average Bonchev–Trinajstić information content (AvgIpc) is 2.36. The van der Waals surface area contributed by atoms with Crippen LogP contribution in [0.15, 0.2) is 36.4 Å². The van der Waals surface area contributed by atoms with Crippen molar-refractivity contribution in [3.8, 4) is 0 Å². The SMILES string of the molecule is Cc1ccc(C(=O)Nc2ccc(F)cc2Cl)cc1C. The molecule has 1 amide bonds. The van der Waals surface area contributed by atoms with Gasteiger partial charge in [-0.3, -0.25) is 4.79 Å². The van der Waals surface area contributed by atoms with Crippen molar-refractivity contribution in [1.29, 1.82) is 0 Å². The minimum absolute atomic E-state index is 0.178. The van der Waals surface area contributed by atoms with E-state index in [-0.39, 0.29) is 10.9 Å². The van der Waals surface area contributed by atoms with E-state index in [4.69, 9.17) is 11.6 Å². The zero-order valence-corrected chi connectivity index (χ0v) is 11.4. The molecule has 0 heterocycles. The van der Waals surface area contributed by atoms with Gasteiger partial charge in [-0.25, -0.2) is 4.39 Å². The Balaban J connectivity index is 2.23. The molecule has 0 aliphatic heterocycles. The topological polar surface area (TPSA) is 29.1 Å². The molecule has 0 aliphatic rings. The van der Waals surface area contributed by atoms with Crippen LogP contribution < -0.4 is 5.32 Å². The highest BCUT2D eigenvalue weighted by molar-refractivity contribution is 6.33. The second-order valence-corrected chi connectivity index (χ2v) is 4.78. The number of hydrogen-bond donors (Lipinski definition) is 1. The lowest BCUT2D eigenvalue weighted by atomic mass is 10.1. The number of carbonyl (C=O) groups is 1. The predicted molar refractivity (Wildman–Crippen MR) is 75.3 cm³/mol. The molecular formula is C15H13ClFNO. The Kier molecular flexibility index (Phi) is 3.86. The first-order valence-electron chi connectivity index (χ1n) is 5.81. The standard InChI is InChI=1S/C15H13ClFNO/c1-9-3-4-11(7-10(9)2)15(19)18-14-6-5-12(17)8-13(14)16/h3-8H,1-2H3,(H,18,19). The van der Waals surface area contributed by atoms with Crippen LogP contribution in [-0.2, 0) is 0 Å². The Morgan fingerprint density at radius 1 is 1.11 bits per heavy atom. The third-order valence-corrected chi connectivity index (χ3v) is 3.26. The fraction of sp³-hybridized carbons (Fsp3) is 0.133. The van der Waals surface area contributed by atoms with Crippen LogP contribution in [0.5, 0.6) is 0 Å². The van der Waals surface area contributed by atoms with Crippen LogP contribution in [0.3, 0.4) is 0 Å². The number of benzene rings is 2. The van der Waals surface area contributed by atoms with Crippen molar-refractivity contribution in [2.24, 2.45) is 0 Å². The van der Waals surface area contributed by atoms with Gasteiger partial charge in [0.15, 0.2) is 0 Å². The average molecular weight is 278 g/mol. The normalized spacial score (nSPS) is 10.3. The number of carbonyl (C=O) groups excluding carboxylic acids is 1. The van der Waals surface area contributed by atoms with Crippen LogP contribution in [0, 0.1) is 19.7 Å². The van der Waals surface area contributed by atoms with Gasteiger partial charge in [-0.1, -0.05) is 17.7 Å². The highest BCUT2D eigenvalue weighted by Crippen LogP contribution is 2.23. The first kappa shape index (κ1) is 13.6. The molecule has 0 aliphatic carbocycles. The zero-order chi connectivity index (χ0) is 14.0. The smallest absolute Gasteiger partial charge is 0.255 e. The van der Waals surface area contributed by atoms with Gasteiger partial charge in [-0.2, -0.15) is 0 Å². The summed E-state index contributed by atoms with van der Waals surface area (Å²) in [6.07, 6.45) is 0. The van der Waals surface area contributed by atoms with Crippen LogP contribution in [0.25, 0.3) is 0 Å². The molecule has 0 saturated heterocycles. The number of rotatable bonds is 2. The third-order valence-electron chi connectivity index (χ3n) is 2.95. The Morgan fingerprint density at radius 3 is 2.47 bits per heavy atom. The highest BCUT2D eigenvalue weighted by atomic mass is 35.5. The predicted octanol–water partition coefficient (Wildman–Crippen LogP) is 4.35. The van der Waals surface area contributed by atoms with E-state index in [0.717, 1.165) is 17.2 Å². The lowest BCUT2D eigenvalue weighted by Crippen LogP contribution is -2.12. The first-order chi connectivity index (χ1) is 8.97. The van der Waals surface area contributed by atoms with Gasteiger partial charge in [0.2, 0.25) is 0 Å². The van der Waals surface area contributed by atoms with Crippen molar-refractivity contribution in [2.75, 3.05) is 5.32 Å². The monoisotopic (exact) mass is 277 g/mol. The minimum atomic E-state index is -0.436. The molecule has 0 bridgehead atoms. The van der Waals surface area contributed by atoms with Gasteiger partial charge < -0.3 is 5.32 Å². The van der Waals surface area contributed by atoms with Gasteiger partial charge in [0.05, 0.1) is 10.7 Å². The van der Waals surface area contributed by atoms with Crippen LogP contribution in [-0.4, -0.2) is 5.91 Å². The summed E-state index contributed by atoms with van der Waals surface area (Å²) in [4.78, 5) is 12.1. The number of anilines is 1. The Labute approximate surface area is 116 Å². The van der Waals surface area contributed by atoms with E-state index >= 15 is 0 Å². The van der Waals surface area contributed by atoms with Crippen molar-refractivity contribution >= 4 is 23.2 Å². The summed E-state index contributed by atoms with van der Waals surface area (Å²) in [7, 11) is 0. The number of aryl methyl sites for hydroxylation is 2. The molecule has 4 heteroatoms. The van der Waals surface area contributed by atoms with Gasteiger partial charge in [0.1, 0.15) is 5.82 Å². The van der Waals surface area contributed by atoms with Crippen molar-refractivity contribution in [1.82, 2.24) is 0 Å². The van der Waals surface area contributed by atoms with E-state index in [1.165, 1.54) is 12.1 Å². The first-order valence-corrected chi connectivity index (χ1v) is 6.19. The Morgan fingerprint density at radius 2 is 1.84 bits per heavy atom. The van der Waals surface area contributed by atoms with E-state index in [1.807, 2.05) is 26.0 Å². The Hall–Kier alpha value is -1.87. The van der Waals surface area contributed by atoms with Gasteiger partial charge in [-0.15, -0.1) is 0 Å². The highest BCUT2D eigenvalue weighted by Gasteiger charge is 2.09. The van der Waals surface area contributed by atoms with Crippen molar-refractivity contribution in [2.45, 2.75) is 13.8 Å². The third kappa shape index (κ3) is 3.12. The summed E-state index contributed by atoms with van der Waals surface area (Å²) >= 11 is 5.86. The molecule has 0 spiro atoms. The fourth-order valence-electron chi connectivity index (χ4n) is 1.67. The molecular weight excluding hydrogens is 265 g/mol. The van der Waals surface area contributed by atoms with E-state index in [0.29, 0.717) is 11.3 Å². The maximum Gasteiger partial charge on any atom is 0.255 e. The molecule has 0 unspecified atom stereocenters. The molecule has 0 aromatic heterocycles.